The van der Waals surface area contributed by atoms with Crippen LogP contribution in [-0.4, -0.2) is 46.7 Å². The van der Waals surface area contributed by atoms with E-state index in [9.17, 15) is 4.79 Å². The molecule has 0 unspecified atom stereocenters. The molecule has 0 aliphatic carbocycles. The summed E-state index contributed by atoms with van der Waals surface area (Å²) >= 11 is 0. The van der Waals surface area contributed by atoms with Crippen LogP contribution < -0.4 is 5.32 Å². The molecule has 0 bridgehead atoms. The molecule has 1 aliphatic rings. The van der Waals surface area contributed by atoms with Crippen molar-refractivity contribution in [2.24, 2.45) is 0 Å². The lowest BCUT2D eigenvalue weighted by Gasteiger charge is -2.26. The Balaban J connectivity index is 1.72. The highest BCUT2D eigenvalue weighted by Crippen LogP contribution is 2.12. The van der Waals surface area contributed by atoms with Crippen LogP contribution in [0.1, 0.15) is 38.3 Å². The number of H-pyrrole nitrogens is 1. The van der Waals surface area contributed by atoms with Gasteiger partial charge >= 0.3 is 0 Å². The van der Waals surface area contributed by atoms with Crippen LogP contribution in [0.4, 0.5) is 0 Å². The second-order valence-corrected chi connectivity index (χ2v) is 5.25. The number of nitrogens with one attached hydrogen (secondary N) is 2. The smallest absolute Gasteiger partial charge is 0.237 e. The molecule has 1 fully saturated rings. The Morgan fingerprint density at radius 2 is 2.16 bits per heavy atom. The van der Waals surface area contributed by atoms with Crippen molar-refractivity contribution in [3.63, 3.8) is 0 Å². The third-order valence-corrected chi connectivity index (χ3v) is 3.82. The number of aromatic nitrogens is 2. The van der Waals surface area contributed by atoms with E-state index in [4.69, 9.17) is 0 Å². The summed E-state index contributed by atoms with van der Waals surface area (Å²) < 4.78 is 0. The number of amides is 1. The van der Waals surface area contributed by atoms with Crippen molar-refractivity contribution in [3.8, 4) is 0 Å². The van der Waals surface area contributed by atoms with Gasteiger partial charge in [0.15, 0.2) is 0 Å². The average Bonchev–Trinajstić information content (AvgIpc) is 2.78. The third kappa shape index (κ3) is 4.35. The minimum absolute atomic E-state index is 0.0140. The van der Waals surface area contributed by atoms with Crippen LogP contribution in [0.5, 0.6) is 0 Å². The maximum absolute atomic E-state index is 12.1. The first-order chi connectivity index (χ1) is 9.27. The first-order valence-electron chi connectivity index (χ1n) is 7.27. The summed E-state index contributed by atoms with van der Waals surface area (Å²) in [5.74, 6) is 0.140. The number of hydrogen-bond acceptors (Lipinski definition) is 3. The van der Waals surface area contributed by atoms with E-state index in [1.807, 2.05) is 13.0 Å². The van der Waals surface area contributed by atoms with E-state index in [1.165, 1.54) is 25.7 Å². The summed E-state index contributed by atoms with van der Waals surface area (Å²) in [5, 5.41) is 9.80. The molecule has 0 saturated carbocycles. The predicted molar refractivity (Wildman–Crippen MR) is 74.8 cm³/mol. The van der Waals surface area contributed by atoms with Gasteiger partial charge in [-0.25, -0.2) is 0 Å². The Hall–Kier alpha value is -1.36. The minimum atomic E-state index is -0.0140. The first kappa shape index (κ1) is 14.1. The molecule has 5 heteroatoms. The highest BCUT2D eigenvalue weighted by molar-refractivity contribution is 5.81. The van der Waals surface area contributed by atoms with Crippen molar-refractivity contribution in [2.45, 2.75) is 45.1 Å². The Kier molecular flexibility index (Phi) is 5.39. The van der Waals surface area contributed by atoms with Crippen molar-refractivity contribution < 1.29 is 4.79 Å². The molecule has 19 heavy (non-hydrogen) atoms. The number of nitrogens with zero attached hydrogens (tertiary/aromatic N) is 2. The first-order valence-corrected chi connectivity index (χ1v) is 7.27. The number of aromatic amines is 1. The van der Waals surface area contributed by atoms with Gasteiger partial charge in [0.25, 0.3) is 0 Å². The highest BCUT2D eigenvalue weighted by atomic mass is 16.2. The normalized spacial score (nSPS) is 18.8. The van der Waals surface area contributed by atoms with Crippen molar-refractivity contribution in [1.82, 2.24) is 20.4 Å². The largest absolute Gasteiger partial charge is 0.354 e. The Morgan fingerprint density at radius 3 is 2.79 bits per heavy atom. The van der Waals surface area contributed by atoms with Gasteiger partial charge in [0, 0.05) is 24.9 Å². The molecule has 5 nitrogen and oxygen atoms in total. The van der Waals surface area contributed by atoms with Gasteiger partial charge in [0.2, 0.25) is 5.91 Å². The molecule has 2 N–H and O–H groups in total. The standard InChI is InChI=1S/C14H24N4O/c1-12(18-10-4-2-3-5-11-18)14(19)15-8-6-13-7-9-16-17-13/h7,9,12H,2-6,8,10-11H2,1H3,(H,15,19)(H,16,17)/t12-/m1/s1. The minimum Gasteiger partial charge on any atom is -0.354 e. The van der Waals surface area contributed by atoms with E-state index in [-0.39, 0.29) is 11.9 Å². The molecule has 0 spiro atoms. The summed E-state index contributed by atoms with van der Waals surface area (Å²) in [6.07, 6.45) is 7.56. The van der Waals surface area contributed by atoms with E-state index in [0.717, 1.165) is 25.2 Å². The Morgan fingerprint density at radius 1 is 1.42 bits per heavy atom. The SMILES string of the molecule is C[C@H](C(=O)NCCc1ccn[nH]1)N1CCCCCC1. The second-order valence-electron chi connectivity index (χ2n) is 5.25. The molecule has 1 aromatic rings. The topological polar surface area (TPSA) is 61.0 Å². The molecular weight excluding hydrogens is 240 g/mol. The number of carbonyl (C=O) groups excluding carboxylic acids is 1. The molecule has 0 radical (unpaired) electrons. The van der Waals surface area contributed by atoms with Gasteiger partial charge in [0.05, 0.1) is 6.04 Å². The van der Waals surface area contributed by atoms with Gasteiger partial charge < -0.3 is 5.32 Å². The van der Waals surface area contributed by atoms with Gasteiger partial charge in [-0.05, 0) is 38.9 Å². The Labute approximate surface area is 114 Å². The highest BCUT2D eigenvalue weighted by Gasteiger charge is 2.21. The van der Waals surface area contributed by atoms with Crippen LogP contribution in [0, 0.1) is 0 Å². The van der Waals surface area contributed by atoms with Gasteiger partial charge in [-0.2, -0.15) is 5.10 Å². The monoisotopic (exact) mass is 264 g/mol. The van der Waals surface area contributed by atoms with Gasteiger partial charge in [-0.3, -0.25) is 14.8 Å². The number of rotatable bonds is 5. The summed E-state index contributed by atoms with van der Waals surface area (Å²) in [5.41, 5.74) is 1.06. The lowest BCUT2D eigenvalue weighted by molar-refractivity contribution is -0.125. The Bertz CT molecular complexity index is 369. The second kappa shape index (κ2) is 7.28. The van der Waals surface area contributed by atoms with E-state index in [2.05, 4.69) is 20.4 Å². The molecule has 1 aliphatic heterocycles. The molecular formula is C14H24N4O. The predicted octanol–water partition coefficient (Wildman–Crippen LogP) is 1.33. The zero-order chi connectivity index (χ0) is 13.5. The van der Waals surface area contributed by atoms with Crippen LogP contribution in [-0.2, 0) is 11.2 Å². The van der Waals surface area contributed by atoms with Crippen LogP contribution in [0.3, 0.4) is 0 Å². The summed E-state index contributed by atoms with van der Waals surface area (Å²) in [4.78, 5) is 14.4. The average molecular weight is 264 g/mol. The van der Waals surface area contributed by atoms with Crippen LogP contribution in [0.2, 0.25) is 0 Å². The molecule has 106 valence electrons. The zero-order valence-electron chi connectivity index (χ0n) is 11.7. The molecule has 1 saturated heterocycles. The molecule has 1 amide bonds. The van der Waals surface area contributed by atoms with Crippen LogP contribution >= 0.6 is 0 Å². The fourth-order valence-electron chi connectivity index (χ4n) is 2.54. The van der Waals surface area contributed by atoms with Crippen LogP contribution in [0.25, 0.3) is 0 Å². The maximum Gasteiger partial charge on any atom is 0.237 e. The lowest BCUT2D eigenvalue weighted by atomic mass is 10.2. The van der Waals surface area contributed by atoms with Crippen molar-refractivity contribution in [2.75, 3.05) is 19.6 Å². The van der Waals surface area contributed by atoms with Gasteiger partial charge in [-0.15, -0.1) is 0 Å². The van der Waals surface area contributed by atoms with Crippen molar-refractivity contribution >= 4 is 5.91 Å². The van der Waals surface area contributed by atoms with Gasteiger partial charge in [0.1, 0.15) is 0 Å². The zero-order valence-corrected chi connectivity index (χ0v) is 11.7. The molecule has 1 atom stereocenters. The fraction of sp³-hybridized carbons (Fsp3) is 0.714. The van der Waals surface area contributed by atoms with Crippen LogP contribution in [0.15, 0.2) is 12.3 Å². The van der Waals surface area contributed by atoms with E-state index in [1.54, 1.807) is 6.20 Å². The molecule has 2 heterocycles. The summed E-state index contributed by atoms with van der Waals surface area (Å²) in [7, 11) is 0. The number of hydrogen-bond donors (Lipinski definition) is 2. The maximum atomic E-state index is 12.1. The van der Waals surface area contributed by atoms with Gasteiger partial charge in [-0.1, -0.05) is 12.8 Å². The van der Waals surface area contributed by atoms with E-state index < -0.39 is 0 Å². The van der Waals surface area contributed by atoms with E-state index in [0.29, 0.717) is 6.54 Å². The molecule has 0 aromatic carbocycles. The molecule has 2 rings (SSSR count). The quantitative estimate of drug-likeness (QED) is 0.843. The summed E-state index contributed by atoms with van der Waals surface area (Å²) in [6.45, 7) is 4.78. The number of likely N-dealkylation sites (tertiary alicyclic amines) is 1. The van der Waals surface area contributed by atoms with E-state index >= 15 is 0 Å². The van der Waals surface area contributed by atoms with Crippen molar-refractivity contribution in [1.29, 1.82) is 0 Å². The number of carbonyl (C=O) groups is 1. The fourth-order valence-corrected chi connectivity index (χ4v) is 2.54. The molecule has 1 aromatic heterocycles. The lowest BCUT2D eigenvalue weighted by Crippen LogP contribution is -2.46. The van der Waals surface area contributed by atoms with Crippen molar-refractivity contribution in [3.05, 3.63) is 18.0 Å². The third-order valence-electron chi connectivity index (χ3n) is 3.82. The summed E-state index contributed by atoms with van der Waals surface area (Å²) in [6, 6.07) is 1.92.